The van der Waals surface area contributed by atoms with E-state index in [1.54, 1.807) is 30.3 Å². The first-order valence-corrected chi connectivity index (χ1v) is 10.4. The van der Waals surface area contributed by atoms with Crippen molar-refractivity contribution in [2.24, 2.45) is 4.99 Å². The zero-order chi connectivity index (χ0) is 25.5. The van der Waals surface area contributed by atoms with Crippen LogP contribution < -0.4 is 0 Å². The van der Waals surface area contributed by atoms with Crippen molar-refractivity contribution in [3.63, 3.8) is 0 Å². The van der Waals surface area contributed by atoms with Crippen LogP contribution in [0.2, 0.25) is 0 Å². The first kappa shape index (κ1) is 24.7. The van der Waals surface area contributed by atoms with E-state index in [0.29, 0.717) is 28.6 Å². The summed E-state index contributed by atoms with van der Waals surface area (Å²) in [5.41, 5.74) is 2.60. The number of aldehydes is 1. The van der Waals surface area contributed by atoms with Gasteiger partial charge in [0.05, 0.1) is 16.2 Å². The summed E-state index contributed by atoms with van der Waals surface area (Å²) in [6, 6.07) is 20.3. The summed E-state index contributed by atoms with van der Waals surface area (Å²) >= 11 is 0. The zero-order valence-electron chi connectivity index (χ0n) is 18.9. The van der Waals surface area contributed by atoms with E-state index < -0.39 is 4.92 Å². The first-order valence-electron chi connectivity index (χ1n) is 10.4. The molecule has 5 rings (SSSR count). The number of aromatic hydroxyl groups is 1. The van der Waals surface area contributed by atoms with E-state index >= 15 is 0 Å². The number of nitro benzene ring substituents is 1. The lowest BCUT2D eigenvalue weighted by atomic mass is 10.1. The van der Waals surface area contributed by atoms with E-state index in [1.807, 2.05) is 24.3 Å². The lowest BCUT2D eigenvalue weighted by molar-refractivity contribution is -0.385. The standard InChI is InChI=1S/C16H10N2O2.C7H5NO3.C3H6O/c19-15-9-5-1-3-7-11(9)17-13(15)14-16(20)10-6-2-4-8-12(10)18-14;9-5-6-3-1-2-4-7(6)8(10)11;1-3(2)4/h1-8,17,19H;1-5H;1-2H3. The van der Waals surface area contributed by atoms with Crippen LogP contribution in [0.3, 0.4) is 0 Å². The summed E-state index contributed by atoms with van der Waals surface area (Å²) in [7, 11) is 0. The van der Waals surface area contributed by atoms with Gasteiger partial charge in [-0.25, -0.2) is 4.99 Å². The highest BCUT2D eigenvalue weighted by Crippen LogP contribution is 2.34. The van der Waals surface area contributed by atoms with E-state index in [0.717, 1.165) is 5.52 Å². The van der Waals surface area contributed by atoms with Crippen LogP contribution in [0.25, 0.3) is 10.9 Å². The molecule has 0 bridgehead atoms. The van der Waals surface area contributed by atoms with Crippen molar-refractivity contribution in [2.45, 2.75) is 13.8 Å². The molecule has 0 saturated heterocycles. The largest absolute Gasteiger partial charge is 0.505 e. The molecule has 0 fully saturated rings. The molecule has 0 unspecified atom stereocenters. The fourth-order valence-electron chi connectivity index (χ4n) is 3.28. The number of nitro groups is 1. The number of H-pyrrole nitrogens is 1. The van der Waals surface area contributed by atoms with Gasteiger partial charge >= 0.3 is 0 Å². The summed E-state index contributed by atoms with van der Waals surface area (Å²) in [6.45, 7) is 3.06. The lowest BCUT2D eigenvalue weighted by Crippen LogP contribution is -2.11. The maximum Gasteiger partial charge on any atom is 0.279 e. The van der Waals surface area contributed by atoms with E-state index in [4.69, 9.17) is 0 Å². The molecule has 1 aromatic heterocycles. The van der Waals surface area contributed by atoms with Crippen LogP contribution in [0.1, 0.15) is 40.3 Å². The monoisotopic (exact) mass is 471 g/mol. The number of benzene rings is 3. The molecular formula is C26H21N3O6. The van der Waals surface area contributed by atoms with Crippen molar-refractivity contribution in [2.75, 3.05) is 0 Å². The number of para-hydroxylation sites is 3. The fraction of sp³-hybridized carbons (Fsp3) is 0.0769. The van der Waals surface area contributed by atoms with Gasteiger partial charge in [-0.1, -0.05) is 36.4 Å². The van der Waals surface area contributed by atoms with Crippen molar-refractivity contribution < 1.29 is 24.4 Å². The SMILES string of the molecule is CC(C)=O.O=C1C(c2[nH]c3ccccc3c2O)=Nc2ccccc21.O=Cc1ccccc1[N+](=O)[O-]. The van der Waals surface area contributed by atoms with Gasteiger partial charge in [0.2, 0.25) is 5.78 Å². The third-order valence-electron chi connectivity index (χ3n) is 4.77. The van der Waals surface area contributed by atoms with E-state index in [1.165, 1.54) is 32.0 Å². The van der Waals surface area contributed by atoms with Gasteiger partial charge in [-0.2, -0.15) is 0 Å². The molecule has 0 aliphatic carbocycles. The van der Waals surface area contributed by atoms with Crippen LogP contribution in [-0.4, -0.2) is 38.6 Å². The topological polar surface area (TPSA) is 143 Å². The molecule has 2 N–H and O–H groups in total. The molecule has 0 radical (unpaired) electrons. The minimum atomic E-state index is -0.580. The number of fused-ring (bicyclic) bond motifs is 2. The number of aromatic nitrogens is 1. The molecule has 3 aromatic carbocycles. The maximum atomic E-state index is 12.4. The van der Waals surface area contributed by atoms with Gasteiger partial charge in [-0.3, -0.25) is 19.7 Å². The number of Topliss-reactive ketones (excluding diaryl/α,β-unsaturated/α-hetero) is 2. The number of hydrogen-bond donors (Lipinski definition) is 2. The van der Waals surface area contributed by atoms with Gasteiger partial charge in [-0.05, 0) is 44.2 Å². The highest BCUT2D eigenvalue weighted by molar-refractivity contribution is 6.55. The normalized spacial score (nSPS) is 11.4. The molecule has 9 nitrogen and oxygen atoms in total. The average molecular weight is 471 g/mol. The number of nitrogens with zero attached hydrogens (tertiary/aromatic N) is 2. The first-order chi connectivity index (χ1) is 16.7. The Morgan fingerprint density at radius 2 is 1.60 bits per heavy atom. The number of nitrogens with one attached hydrogen (secondary N) is 1. The number of aliphatic imine (C=N–C) groups is 1. The second kappa shape index (κ2) is 10.8. The van der Waals surface area contributed by atoms with Gasteiger partial charge in [-0.15, -0.1) is 0 Å². The fourth-order valence-corrected chi connectivity index (χ4v) is 3.28. The molecule has 0 atom stereocenters. The number of aromatic amines is 1. The number of hydrogen-bond acceptors (Lipinski definition) is 7. The molecule has 2 heterocycles. The Labute approximate surface area is 199 Å². The van der Waals surface area contributed by atoms with Gasteiger partial charge in [0.1, 0.15) is 17.2 Å². The van der Waals surface area contributed by atoms with Crippen molar-refractivity contribution >= 4 is 45.8 Å². The Morgan fingerprint density at radius 1 is 1.00 bits per heavy atom. The van der Waals surface area contributed by atoms with Crippen LogP contribution in [0.15, 0.2) is 77.8 Å². The van der Waals surface area contributed by atoms with Crippen molar-refractivity contribution in [1.82, 2.24) is 4.98 Å². The van der Waals surface area contributed by atoms with Crippen LogP contribution in [0, 0.1) is 10.1 Å². The van der Waals surface area contributed by atoms with Gasteiger partial charge in [0, 0.05) is 22.5 Å². The average Bonchev–Trinajstić information content (AvgIpc) is 3.36. The van der Waals surface area contributed by atoms with Crippen LogP contribution in [0.5, 0.6) is 5.75 Å². The molecule has 35 heavy (non-hydrogen) atoms. The lowest BCUT2D eigenvalue weighted by Gasteiger charge is -1.96. The zero-order valence-corrected chi connectivity index (χ0v) is 18.9. The quantitative estimate of drug-likeness (QED) is 0.239. The van der Waals surface area contributed by atoms with Crippen molar-refractivity contribution in [1.29, 1.82) is 0 Å². The third kappa shape index (κ3) is 5.53. The molecule has 1 aliphatic rings. The summed E-state index contributed by atoms with van der Waals surface area (Å²) in [4.78, 5) is 49.1. The highest BCUT2D eigenvalue weighted by atomic mass is 16.6. The maximum absolute atomic E-state index is 12.4. The number of rotatable bonds is 3. The molecule has 4 aromatic rings. The smallest absolute Gasteiger partial charge is 0.279 e. The molecule has 0 amide bonds. The van der Waals surface area contributed by atoms with E-state index in [2.05, 4.69) is 9.98 Å². The van der Waals surface area contributed by atoms with Gasteiger partial charge < -0.3 is 14.9 Å². The van der Waals surface area contributed by atoms with Crippen LogP contribution in [-0.2, 0) is 4.79 Å². The molecule has 0 saturated carbocycles. The van der Waals surface area contributed by atoms with Crippen LogP contribution in [0.4, 0.5) is 11.4 Å². The highest BCUT2D eigenvalue weighted by Gasteiger charge is 2.29. The minimum Gasteiger partial charge on any atom is -0.505 e. The summed E-state index contributed by atoms with van der Waals surface area (Å²) < 4.78 is 0. The molecule has 0 spiro atoms. The minimum absolute atomic E-state index is 0.0699. The van der Waals surface area contributed by atoms with Gasteiger partial charge in [0.25, 0.3) is 5.69 Å². The molecular weight excluding hydrogens is 450 g/mol. The number of carbonyl (C=O) groups excluding carboxylic acids is 3. The Morgan fingerprint density at radius 3 is 2.20 bits per heavy atom. The summed E-state index contributed by atoms with van der Waals surface area (Å²) in [5, 5.41) is 21.2. The Kier molecular flexibility index (Phi) is 7.63. The Hall–Kier alpha value is -4.92. The van der Waals surface area contributed by atoms with Crippen LogP contribution >= 0.6 is 0 Å². The van der Waals surface area contributed by atoms with Crippen molar-refractivity contribution in [3.05, 3.63) is 99.7 Å². The second-order valence-corrected chi connectivity index (χ2v) is 7.54. The summed E-state index contributed by atoms with van der Waals surface area (Å²) in [5.74, 6) is 0.0722. The Balaban J connectivity index is 0.000000193. The van der Waals surface area contributed by atoms with E-state index in [9.17, 15) is 29.6 Å². The molecule has 1 aliphatic heterocycles. The summed E-state index contributed by atoms with van der Waals surface area (Å²) in [6.07, 6.45) is 0.470. The third-order valence-corrected chi connectivity index (χ3v) is 4.77. The second-order valence-electron chi connectivity index (χ2n) is 7.54. The van der Waals surface area contributed by atoms with E-state index in [-0.39, 0.29) is 34.3 Å². The predicted molar refractivity (Wildman–Crippen MR) is 132 cm³/mol. The van der Waals surface area contributed by atoms with Crippen molar-refractivity contribution in [3.8, 4) is 5.75 Å². The van der Waals surface area contributed by atoms with Gasteiger partial charge in [0.15, 0.2) is 12.0 Å². The number of ketones is 2. The predicted octanol–water partition coefficient (Wildman–Crippen LogP) is 5.19. The molecule has 176 valence electrons. The molecule has 9 heteroatoms. The number of carbonyl (C=O) groups is 3. The Bertz CT molecular complexity index is 1460.